The van der Waals surface area contributed by atoms with Gasteiger partial charge in [0, 0.05) is 6.42 Å². The fraction of sp³-hybridized carbons (Fsp3) is 0.917. The number of hydrogen-bond acceptors (Lipinski definition) is 2. The van der Waals surface area contributed by atoms with Crippen LogP contribution in [0, 0.1) is 11.8 Å². The van der Waals surface area contributed by atoms with E-state index in [-0.39, 0.29) is 11.6 Å². The third kappa shape index (κ3) is 8.09. The van der Waals surface area contributed by atoms with E-state index < -0.39 is 0 Å². The predicted octanol–water partition coefficient (Wildman–Crippen LogP) is 3.40. The maximum Gasteiger partial charge on any atom is 0.306 e. The Labute approximate surface area is 88.0 Å². The second-order valence-corrected chi connectivity index (χ2v) is 5.53. The Hall–Kier alpha value is -0.530. The number of esters is 1. The molecule has 0 amide bonds. The predicted molar refractivity (Wildman–Crippen MR) is 59.1 cm³/mol. The average Bonchev–Trinajstić information content (AvgIpc) is 1.77. The highest BCUT2D eigenvalue weighted by Gasteiger charge is 2.18. The molecule has 0 radical (unpaired) electrons. The summed E-state index contributed by atoms with van der Waals surface area (Å²) >= 11 is 0. The second kappa shape index (κ2) is 5.38. The molecule has 0 heterocycles. The van der Waals surface area contributed by atoms with Crippen molar-refractivity contribution in [1.82, 2.24) is 0 Å². The molecule has 2 heteroatoms. The molecule has 0 saturated heterocycles. The van der Waals surface area contributed by atoms with Gasteiger partial charge in [0.15, 0.2) is 0 Å². The molecule has 2 nitrogen and oxygen atoms in total. The summed E-state index contributed by atoms with van der Waals surface area (Å²) in [6, 6.07) is 0. The van der Waals surface area contributed by atoms with E-state index in [4.69, 9.17) is 4.74 Å². The normalized spacial score (nSPS) is 14.2. The molecule has 0 rings (SSSR count). The van der Waals surface area contributed by atoms with Gasteiger partial charge >= 0.3 is 5.97 Å². The zero-order valence-corrected chi connectivity index (χ0v) is 10.4. The third-order valence-corrected chi connectivity index (χ3v) is 1.81. The first kappa shape index (κ1) is 13.5. The van der Waals surface area contributed by atoms with Crippen molar-refractivity contribution in [1.29, 1.82) is 0 Å². The summed E-state index contributed by atoms with van der Waals surface area (Å²) in [4.78, 5) is 11.4. The highest BCUT2D eigenvalue weighted by Crippen LogP contribution is 2.17. The molecule has 0 saturated carbocycles. The smallest absolute Gasteiger partial charge is 0.306 e. The van der Waals surface area contributed by atoms with Crippen LogP contribution < -0.4 is 0 Å². The number of hydrogen-bond donors (Lipinski definition) is 0. The summed E-state index contributed by atoms with van der Waals surface area (Å²) in [6.45, 7) is 12.1. The lowest BCUT2D eigenvalue weighted by atomic mass is 9.96. The van der Waals surface area contributed by atoms with E-state index in [0.29, 0.717) is 18.3 Å². The highest BCUT2D eigenvalue weighted by atomic mass is 16.6. The van der Waals surface area contributed by atoms with E-state index in [2.05, 4.69) is 20.8 Å². The minimum Gasteiger partial charge on any atom is -0.460 e. The lowest BCUT2D eigenvalue weighted by Gasteiger charge is -2.21. The fourth-order valence-electron chi connectivity index (χ4n) is 1.56. The molecule has 84 valence electrons. The van der Waals surface area contributed by atoms with E-state index in [1.165, 1.54) is 0 Å². The SMILES string of the molecule is CC(C)CC(C)CC(=O)OC(C)(C)C. The van der Waals surface area contributed by atoms with Gasteiger partial charge in [-0.1, -0.05) is 20.8 Å². The van der Waals surface area contributed by atoms with Crippen molar-refractivity contribution in [2.24, 2.45) is 11.8 Å². The van der Waals surface area contributed by atoms with Crippen LogP contribution in [0.15, 0.2) is 0 Å². The topological polar surface area (TPSA) is 26.3 Å². The van der Waals surface area contributed by atoms with Crippen molar-refractivity contribution in [3.63, 3.8) is 0 Å². The summed E-state index contributed by atoms with van der Waals surface area (Å²) < 4.78 is 5.25. The lowest BCUT2D eigenvalue weighted by Crippen LogP contribution is -2.25. The lowest BCUT2D eigenvalue weighted by molar-refractivity contribution is -0.155. The third-order valence-electron chi connectivity index (χ3n) is 1.81. The van der Waals surface area contributed by atoms with E-state index in [9.17, 15) is 4.79 Å². The van der Waals surface area contributed by atoms with Gasteiger partial charge in [-0.25, -0.2) is 0 Å². The minimum atomic E-state index is -0.353. The molecule has 1 unspecified atom stereocenters. The van der Waals surface area contributed by atoms with E-state index >= 15 is 0 Å². The quantitative estimate of drug-likeness (QED) is 0.650. The number of ether oxygens (including phenoxy) is 1. The van der Waals surface area contributed by atoms with Crippen LogP contribution in [0.3, 0.4) is 0 Å². The van der Waals surface area contributed by atoms with Gasteiger partial charge in [0.05, 0.1) is 0 Å². The van der Waals surface area contributed by atoms with E-state index in [1.807, 2.05) is 20.8 Å². The summed E-state index contributed by atoms with van der Waals surface area (Å²) in [5.41, 5.74) is -0.353. The number of carbonyl (C=O) groups excluding carboxylic acids is 1. The average molecular weight is 200 g/mol. The molecule has 0 N–H and O–H groups in total. The molecule has 0 aliphatic carbocycles. The van der Waals surface area contributed by atoms with Gasteiger partial charge in [0.25, 0.3) is 0 Å². The summed E-state index contributed by atoms with van der Waals surface area (Å²) in [7, 11) is 0. The van der Waals surface area contributed by atoms with Crippen LogP contribution in [0.1, 0.15) is 54.4 Å². The molecule has 14 heavy (non-hydrogen) atoms. The first-order chi connectivity index (χ1) is 6.20. The van der Waals surface area contributed by atoms with Crippen LogP contribution in [0.25, 0.3) is 0 Å². The molecule has 0 aromatic rings. The Morgan fingerprint density at radius 1 is 1.21 bits per heavy atom. The maximum absolute atomic E-state index is 11.4. The van der Waals surface area contributed by atoms with E-state index in [1.54, 1.807) is 0 Å². The van der Waals surface area contributed by atoms with Crippen molar-refractivity contribution in [3.8, 4) is 0 Å². The number of rotatable bonds is 4. The van der Waals surface area contributed by atoms with Gasteiger partial charge in [-0.2, -0.15) is 0 Å². The summed E-state index contributed by atoms with van der Waals surface area (Å²) in [5.74, 6) is 0.989. The molecule has 0 aliphatic rings. The molecular weight excluding hydrogens is 176 g/mol. The van der Waals surface area contributed by atoms with Crippen molar-refractivity contribution >= 4 is 5.97 Å². The molecule has 0 aromatic heterocycles. The summed E-state index contributed by atoms with van der Waals surface area (Å²) in [5, 5.41) is 0. The standard InChI is InChI=1S/C12H24O2/c1-9(2)7-10(3)8-11(13)14-12(4,5)6/h9-10H,7-8H2,1-6H3. The Kier molecular flexibility index (Phi) is 5.17. The van der Waals surface area contributed by atoms with Crippen molar-refractivity contribution in [2.45, 2.75) is 60.0 Å². The molecule has 0 spiro atoms. The molecular formula is C12H24O2. The maximum atomic E-state index is 11.4. The second-order valence-electron chi connectivity index (χ2n) is 5.53. The van der Waals surface area contributed by atoms with Gasteiger partial charge in [-0.15, -0.1) is 0 Å². The van der Waals surface area contributed by atoms with Crippen molar-refractivity contribution in [3.05, 3.63) is 0 Å². The molecule has 0 aromatic carbocycles. The van der Waals surface area contributed by atoms with Gasteiger partial charge in [-0.05, 0) is 39.0 Å². The van der Waals surface area contributed by atoms with Gasteiger partial charge in [0.1, 0.15) is 5.60 Å². The zero-order valence-electron chi connectivity index (χ0n) is 10.4. The Morgan fingerprint density at radius 3 is 2.07 bits per heavy atom. The first-order valence-electron chi connectivity index (χ1n) is 5.42. The Balaban J connectivity index is 3.83. The molecule has 0 bridgehead atoms. The highest BCUT2D eigenvalue weighted by molar-refractivity contribution is 5.70. The zero-order chi connectivity index (χ0) is 11.4. The van der Waals surface area contributed by atoms with Crippen LogP contribution >= 0.6 is 0 Å². The number of carbonyl (C=O) groups is 1. The van der Waals surface area contributed by atoms with Crippen molar-refractivity contribution in [2.75, 3.05) is 0 Å². The van der Waals surface area contributed by atoms with Crippen molar-refractivity contribution < 1.29 is 9.53 Å². The fourth-order valence-corrected chi connectivity index (χ4v) is 1.56. The van der Waals surface area contributed by atoms with Crippen LogP contribution in [0.4, 0.5) is 0 Å². The largest absolute Gasteiger partial charge is 0.460 e. The Morgan fingerprint density at radius 2 is 1.71 bits per heavy atom. The molecule has 0 fully saturated rings. The van der Waals surface area contributed by atoms with E-state index in [0.717, 1.165) is 6.42 Å². The first-order valence-corrected chi connectivity index (χ1v) is 5.42. The van der Waals surface area contributed by atoms with Gasteiger partial charge in [-0.3, -0.25) is 4.79 Å². The van der Waals surface area contributed by atoms with Gasteiger partial charge < -0.3 is 4.74 Å². The van der Waals surface area contributed by atoms with Gasteiger partial charge in [0.2, 0.25) is 0 Å². The Bertz CT molecular complexity index is 177. The van der Waals surface area contributed by atoms with Crippen LogP contribution in [0.2, 0.25) is 0 Å². The monoisotopic (exact) mass is 200 g/mol. The van der Waals surface area contributed by atoms with Crippen LogP contribution in [0.5, 0.6) is 0 Å². The molecule has 0 aliphatic heterocycles. The van der Waals surface area contributed by atoms with Crippen LogP contribution in [-0.2, 0) is 9.53 Å². The minimum absolute atomic E-state index is 0.0781. The summed E-state index contributed by atoms with van der Waals surface area (Å²) in [6.07, 6.45) is 1.62. The van der Waals surface area contributed by atoms with Crippen LogP contribution in [-0.4, -0.2) is 11.6 Å². The molecule has 1 atom stereocenters.